The molecule has 0 aliphatic heterocycles. The van der Waals surface area contributed by atoms with E-state index in [9.17, 15) is 5.11 Å². The Morgan fingerprint density at radius 1 is 1.82 bits per heavy atom. The lowest BCUT2D eigenvalue weighted by Crippen LogP contribution is -2.32. The molecule has 0 bridgehead atoms. The third kappa shape index (κ3) is 1.67. The fourth-order valence-corrected chi connectivity index (χ4v) is 2.33. The Balaban J connectivity index is 2.93. The van der Waals surface area contributed by atoms with Gasteiger partial charge in [-0.15, -0.1) is 0 Å². The Labute approximate surface area is 81.3 Å². The highest BCUT2D eigenvalue weighted by molar-refractivity contribution is 14.1. The third-order valence-electron chi connectivity index (χ3n) is 2.29. The van der Waals surface area contributed by atoms with Crippen LogP contribution >= 0.6 is 22.6 Å². The Morgan fingerprint density at radius 3 is 2.91 bits per heavy atom. The first-order valence-electron chi connectivity index (χ1n) is 3.75. The van der Waals surface area contributed by atoms with Crippen molar-refractivity contribution in [2.45, 2.75) is 25.4 Å². The van der Waals surface area contributed by atoms with Crippen molar-refractivity contribution in [1.82, 2.24) is 0 Å². The van der Waals surface area contributed by atoms with E-state index in [0.29, 0.717) is 0 Å². The number of hydrogen-bond acceptors (Lipinski definition) is 1. The van der Waals surface area contributed by atoms with Crippen molar-refractivity contribution < 1.29 is 5.11 Å². The van der Waals surface area contributed by atoms with E-state index in [4.69, 9.17) is 0 Å². The molecule has 0 heterocycles. The van der Waals surface area contributed by atoms with E-state index in [2.05, 4.69) is 35.2 Å². The molecule has 2 heteroatoms. The summed E-state index contributed by atoms with van der Waals surface area (Å²) in [5.41, 5.74) is 1.32. The molecule has 1 rings (SSSR count). The van der Waals surface area contributed by atoms with Crippen LogP contribution < -0.4 is 0 Å². The van der Waals surface area contributed by atoms with Gasteiger partial charge < -0.3 is 5.11 Å². The number of rotatable bonds is 1. The monoisotopic (exact) mass is 264 g/mol. The van der Waals surface area contributed by atoms with Crippen LogP contribution in [0.4, 0.5) is 0 Å². The van der Waals surface area contributed by atoms with Crippen LogP contribution in [0, 0.1) is 0 Å². The second kappa shape index (κ2) is 3.27. The van der Waals surface area contributed by atoms with E-state index in [-0.39, 0.29) is 0 Å². The predicted octanol–water partition coefficient (Wildman–Crippen LogP) is 2.45. The van der Waals surface area contributed by atoms with Crippen molar-refractivity contribution in [3.8, 4) is 0 Å². The minimum Gasteiger partial charge on any atom is -0.381 e. The summed E-state index contributed by atoms with van der Waals surface area (Å²) in [6.45, 7) is 5.70. The van der Waals surface area contributed by atoms with Crippen LogP contribution in [0.2, 0.25) is 0 Å². The molecule has 11 heavy (non-hydrogen) atoms. The first kappa shape index (κ1) is 9.26. The van der Waals surface area contributed by atoms with Crippen LogP contribution in [-0.4, -0.2) is 15.1 Å². The summed E-state index contributed by atoms with van der Waals surface area (Å²) in [5, 5.41) is 9.93. The molecular formula is C9H13IO. The van der Waals surface area contributed by atoms with Crippen LogP contribution in [-0.2, 0) is 0 Å². The van der Waals surface area contributed by atoms with E-state index in [0.717, 1.165) is 28.4 Å². The number of allylic oxidation sites excluding steroid dienone is 1. The molecule has 0 saturated heterocycles. The highest BCUT2D eigenvalue weighted by Gasteiger charge is 2.30. The zero-order valence-electron chi connectivity index (χ0n) is 6.73. The Hall–Kier alpha value is 0.170. The van der Waals surface area contributed by atoms with Gasteiger partial charge in [0.1, 0.15) is 5.60 Å². The normalized spacial score (nSPS) is 31.9. The molecule has 0 amide bonds. The number of alkyl halides is 1. The highest BCUT2D eigenvalue weighted by atomic mass is 127. The zero-order chi connectivity index (χ0) is 8.48. The molecule has 0 spiro atoms. The Morgan fingerprint density at radius 2 is 2.45 bits per heavy atom. The molecule has 0 unspecified atom stereocenters. The SMILES string of the molecule is C=C1CCC=C(CI)[C@@]1(C)O. The van der Waals surface area contributed by atoms with Crippen LogP contribution in [0.25, 0.3) is 0 Å². The molecule has 0 aromatic carbocycles. The Kier molecular flexibility index (Phi) is 2.75. The molecule has 1 aliphatic carbocycles. The van der Waals surface area contributed by atoms with Crippen LogP contribution in [0.5, 0.6) is 0 Å². The lowest BCUT2D eigenvalue weighted by atomic mass is 9.82. The molecule has 1 N–H and O–H groups in total. The molecule has 1 aliphatic rings. The second-order valence-electron chi connectivity index (χ2n) is 3.08. The van der Waals surface area contributed by atoms with Crippen LogP contribution in [0.3, 0.4) is 0 Å². The molecule has 0 fully saturated rings. The van der Waals surface area contributed by atoms with E-state index in [1.165, 1.54) is 0 Å². The fraction of sp³-hybridized carbons (Fsp3) is 0.556. The average Bonchev–Trinajstić information content (AvgIpc) is 1.95. The smallest absolute Gasteiger partial charge is 0.104 e. The fourth-order valence-electron chi connectivity index (χ4n) is 1.27. The van der Waals surface area contributed by atoms with Crippen molar-refractivity contribution in [3.05, 3.63) is 23.8 Å². The van der Waals surface area contributed by atoms with Gasteiger partial charge in [-0.2, -0.15) is 0 Å². The van der Waals surface area contributed by atoms with Gasteiger partial charge in [0, 0.05) is 4.43 Å². The maximum atomic E-state index is 9.93. The largest absolute Gasteiger partial charge is 0.381 e. The summed E-state index contributed by atoms with van der Waals surface area (Å²) in [6, 6.07) is 0. The van der Waals surface area contributed by atoms with Gasteiger partial charge in [0.2, 0.25) is 0 Å². The molecule has 1 nitrogen and oxygen atoms in total. The number of halogens is 1. The van der Waals surface area contributed by atoms with E-state index < -0.39 is 5.60 Å². The van der Waals surface area contributed by atoms with Crippen molar-refractivity contribution >= 4 is 22.6 Å². The topological polar surface area (TPSA) is 20.2 Å². The van der Waals surface area contributed by atoms with Gasteiger partial charge >= 0.3 is 0 Å². The zero-order valence-corrected chi connectivity index (χ0v) is 8.89. The first-order valence-corrected chi connectivity index (χ1v) is 5.27. The van der Waals surface area contributed by atoms with Crippen LogP contribution in [0.15, 0.2) is 23.8 Å². The van der Waals surface area contributed by atoms with Gasteiger partial charge in [-0.25, -0.2) is 0 Å². The molecule has 0 radical (unpaired) electrons. The van der Waals surface area contributed by atoms with E-state index in [1.54, 1.807) is 0 Å². The summed E-state index contributed by atoms with van der Waals surface area (Å²) in [7, 11) is 0. The van der Waals surface area contributed by atoms with Crippen molar-refractivity contribution in [3.63, 3.8) is 0 Å². The summed E-state index contributed by atoms with van der Waals surface area (Å²) in [6.07, 6.45) is 4.08. The number of hydrogen-bond donors (Lipinski definition) is 1. The van der Waals surface area contributed by atoms with E-state index >= 15 is 0 Å². The summed E-state index contributed by atoms with van der Waals surface area (Å²) in [5.74, 6) is 0. The van der Waals surface area contributed by atoms with E-state index in [1.807, 2.05) is 6.92 Å². The molecular weight excluding hydrogens is 251 g/mol. The minimum absolute atomic E-state index is 0.737. The molecule has 62 valence electrons. The quantitative estimate of drug-likeness (QED) is 0.438. The lowest BCUT2D eigenvalue weighted by Gasteiger charge is -2.31. The average molecular weight is 264 g/mol. The third-order valence-corrected chi connectivity index (χ3v) is 3.12. The lowest BCUT2D eigenvalue weighted by molar-refractivity contribution is 0.131. The summed E-state index contributed by atoms with van der Waals surface area (Å²) < 4.78 is 0.893. The van der Waals surface area contributed by atoms with Crippen molar-refractivity contribution in [2.75, 3.05) is 4.43 Å². The highest BCUT2D eigenvalue weighted by Crippen LogP contribution is 2.33. The van der Waals surface area contributed by atoms with Gasteiger partial charge in [0.25, 0.3) is 0 Å². The molecule has 1 atom stereocenters. The number of aliphatic hydroxyl groups is 1. The van der Waals surface area contributed by atoms with Gasteiger partial charge in [0.05, 0.1) is 0 Å². The second-order valence-corrected chi connectivity index (χ2v) is 3.84. The van der Waals surface area contributed by atoms with Gasteiger partial charge in [0.15, 0.2) is 0 Å². The minimum atomic E-state index is -0.737. The van der Waals surface area contributed by atoms with Crippen LogP contribution in [0.1, 0.15) is 19.8 Å². The van der Waals surface area contributed by atoms with Gasteiger partial charge in [-0.3, -0.25) is 0 Å². The molecule has 0 saturated carbocycles. The summed E-state index contributed by atoms with van der Waals surface area (Å²) in [4.78, 5) is 0. The molecule has 0 aromatic rings. The molecule has 0 aromatic heterocycles. The van der Waals surface area contributed by atoms with Crippen molar-refractivity contribution in [2.24, 2.45) is 0 Å². The summed E-state index contributed by atoms with van der Waals surface area (Å²) >= 11 is 2.27. The van der Waals surface area contributed by atoms with Gasteiger partial charge in [-0.1, -0.05) is 35.2 Å². The Bertz CT molecular complexity index is 204. The van der Waals surface area contributed by atoms with Gasteiger partial charge in [-0.05, 0) is 30.9 Å². The first-order chi connectivity index (χ1) is 5.09. The van der Waals surface area contributed by atoms with Crippen molar-refractivity contribution in [1.29, 1.82) is 0 Å². The maximum absolute atomic E-state index is 9.93. The maximum Gasteiger partial charge on any atom is 0.104 e. The standard InChI is InChI=1S/C9H13IO/c1-7-4-3-5-8(6-10)9(7,2)11/h5,11H,1,3-4,6H2,2H3/t9-/m0/s1. The predicted molar refractivity (Wildman–Crippen MR) is 56.0 cm³/mol.